The van der Waals surface area contributed by atoms with E-state index in [0.717, 1.165) is 25.7 Å². The van der Waals surface area contributed by atoms with Crippen LogP contribution < -0.4 is 5.32 Å². The Morgan fingerprint density at radius 3 is 1.37 bits per heavy atom. The van der Waals surface area contributed by atoms with Crippen LogP contribution in [-0.4, -0.2) is 123 Å². The molecule has 1 unspecified atom stereocenters. The summed E-state index contributed by atoms with van der Waals surface area (Å²) in [5.74, 6) is -0.128. The van der Waals surface area contributed by atoms with Gasteiger partial charge in [-0.05, 0) is 33.6 Å². The van der Waals surface area contributed by atoms with Gasteiger partial charge in [0.2, 0.25) is 0 Å². The summed E-state index contributed by atoms with van der Waals surface area (Å²) < 4.78 is 48.5. The van der Waals surface area contributed by atoms with Crippen LogP contribution in [0.5, 0.6) is 0 Å². The molecule has 0 heterocycles. The van der Waals surface area contributed by atoms with Crippen molar-refractivity contribution in [2.24, 2.45) is 5.92 Å². The predicted molar refractivity (Wildman–Crippen MR) is 154 cm³/mol. The number of hydrogen-bond donors (Lipinski definition) is 1. The molecule has 0 aromatic carbocycles. The van der Waals surface area contributed by atoms with Crippen molar-refractivity contribution >= 4 is 12.1 Å². The van der Waals surface area contributed by atoms with Gasteiger partial charge in [-0.3, -0.25) is 4.79 Å². The monoisotopic (exact) mass is 595 g/mol. The first-order valence-corrected chi connectivity index (χ1v) is 15.0. The lowest BCUT2D eigenvalue weighted by Crippen LogP contribution is -2.34. The molecule has 0 saturated carbocycles. The van der Waals surface area contributed by atoms with Crippen molar-refractivity contribution in [3.05, 3.63) is 0 Å². The molecule has 0 spiro atoms. The van der Waals surface area contributed by atoms with Crippen LogP contribution in [0.15, 0.2) is 0 Å². The maximum atomic E-state index is 12.0. The first-order valence-electron chi connectivity index (χ1n) is 15.0. The van der Waals surface area contributed by atoms with Gasteiger partial charge in [0.15, 0.2) is 0 Å². The van der Waals surface area contributed by atoms with Gasteiger partial charge in [-0.1, -0.05) is 26.7 Å². The molecule has 0 radical (unpaired) electrons. The summed E-state index contributed by atoms with van der Waals surface area (Å²) >= 11 is 0. The van der Waals surface area contributed by atoms with Gasteiger partial charge in [-0.25, -0.2) is 4.79 Å². The Labute approximate surface area is 247 Å². The number of ether oxygens (including phenoxy) is 9. The molecule has 0 aliphatic heterocycles. The predicted octanol–water partition coefficient (Wildman–Crippen LogP) is 3.39. The van der Waals surface area contributed by atoms with E-state index in [4.69, 9.17) is 42.6 Å². The fourth-order valence-electron chi connectivity index (χ4n) is 3.22. The van der Waals surface area contributed by atoms with Gasteiger partial charge in [0.1, 0.15) is 12.2 Å². The van der Waals surface area contributed by atoms with Gasteiger partial charge >= 0.3 is 12.1 Å². The van der Waals surface area contributed by atoms with E-state index in [1.807, 2.05) is 27.7 Å². The molecule has 0 fully saturated rings. The van der Waals surface area contributed by atoms with E-state index in [2.05, 4.69) is 12.2 Å². The van der Waals surface area contributed by atoms with Crippen LogP contribution in [0, 0.1) is 5.92 Å². The minimum absolute atomic E-state index is 0.00493. The highest BCUT2D eigenvalue weighted by Crippen LogP contribution is 2.14. The second-order valence-electron chi connectivity index (χ2n) is 10.1. The topological polar surface area (TPSA) is 129 Å². The van der Waals surface area contributed by atoms with Gasteiger partial charge in [0.25, 0.3) is 0 Å². The third kappa shape index (κ3) is 29.7. The molecule has 0 saturated heterocycles. The molecule has 0 bridgehead atoms. The molecule has 0 aliphatic carbocycles. The SMILES string of the molecule is CCCCC(CC)C(=O)OCCOCCOCCOCCOCCOCCOCCOCCNC(=O)OC(C)(C)C. The number of hydrogen-bond acceptors (Lipinski definition) is 11. The van der Waals surface area contributed by atoms with Gasteiger partial charge in [0.05, 0.1) is 98.4 Å². The second kappa shape index (κ2) is 28.6. The van der Waals surface area contributed by atoms with Crippen molar-refractivity contribution in [1.82, 2.24) is 5.32 Å². The minimum Gasteiger partial charge on any atom is -0.463 e. The molecule has 41 heavy (non-hydrogen) atoms. The summed E-state index contributed by atoms with van der Waals surface area (Å²) in [6.45, 7) is 16.6. The summed E-state index contributed by atoms with van der Waals surface area (Å²) in [6.07, 6.45) is 3.37. The number of alkyl carbamates (subject to hydrolysis) is 1. The highest BCUT2D eigenvalue weighted by molar-refractivity contribution is 5.72. The molecule has 12 nitrogen and oxygen atoms in total. The average Bonchev–Trinajstić information content (AvgIpc) is 2.92. The van der Waals surface area contributed by atoms with E-state index >= 15 is 0 Å². The van der Waals surface area contributed by atoms with E-state index in [1.54, 1.807) is 0 Å². The second-order valence-corrected chi connectivity index (χ2v) is 10.1. The van der Waals surface area contributed by atoms with E-state index in [0.29, 0.717) is 99.0 Å². The van der Waals surface area contributed by atoms with Crippen molar-refractivity contribution in [3.63, 3.8) is 0 Å². The van der Waals surface area contributed by atoms with E-state index in [9.17, 15) is 9.59 Å². The normalized spacial score (nSPS) is 12.3. The molecule has 1 atom stereocenters. The van der Waals surface area contributed by atoms with Crippen molar-refractivity contribution < 1.29 is 52.2 Å². The molecular formula is C29H57NO11. The Bertz CT molecular complexity index is 602. The van der Waals surface area contributed by atoms with Crippen LogP contribution in [0.4, 0.5) is 4.79 Å². The van der Waals surface area contributed by atoms with Gasteiger partial charge in [-0.15, -0.1) is 0 Å². The number of esters is 1. The molecular weight excluding hydrogens is 538 g/mol. The summed E-state index contributed by atoms with van der Waals surface area (Å²) in [6, 6.07) is 0. The minimum atomic E-state index is -0.511. The number of amides is 1. The first-order chi connectivity index (χ1) is 19.8. The number of unbranched alkanes of at least 4 members (excludes halogenated alkanes) is 1. The molecule has 1 amide bonds. The number of carbonyl (C=O) groups is 2. The van der Waals surface area contributed by atoms with Crippen LogP contribution >= 0.6 is 0 Å². The molecule has 244 valence electrons. The summed E-state index contributed by atoms with van der Waals surface area (Å²) in [5, 5.41) is 2.63. The van der Waals surface area contributed by atoms with E-state index < -0.39 is 11.7 Å². The zero-order valence-corrected chi connectivity index (χ0v) is 26.2. The lowest BCUT2D eigenvalue weighted by atomic mass is 10.00. The van der Waals surface area contributed by atoms with Crippen LogP contribution in [0.1, 0.15) is 60.3 Å². The number of carbonyl (C=O) groups excluding carboxylic acids is 2. The Balaban J connectivity index is 3.23. The fraction of sp³-hybridized carbons (Fsp3) is 0.931. The molecule has 0 aromatic heterocycles. The third-order valence-corrected chi connectivity index (χ3v) is 5.35. The highest BCUT2D eigenvalue weighted by Gasteiger charge is 2.17. The van der Waals surface area contributed by atoms with Crippen LogP contribution in [0.3, 0.4) is 0 Å². The Morgan fingerprint density at radius 1 is 0.610 bits per heavy atom. The number of nitrogens with one attached hydrogen (secondary N) is 1. The molecule has 0 aromatic rings. The zero-order valence-electron chi connectivity index (χ0n) is 26.2. The Hall–Kier alpha value is -1.54. The Kier molecular flexibility index (Phi) is 27.5. The maximum absolute atomic E-state index is 12.0. The average molecular weight is 596 g/mol. The van der Waals surface area contributed by atoms with Crippen molar-refractivity contribution in [1.29, 1.82) is 0 Å². The van der Waals surface area contributed by atoms with Gasteiger partial charge < -0.3 is 47.9 Å². The van der Waals surface area contributed by atoms with Crippen LogP contribution in [0.2, 0.25) is 0 Å². The smallest absolute Gasteiger partial charge is 0.407 e. The molecule has 0 rings (SSSR count). The van der Waals surface area contributed by atoms with Crippen molar-refractivity contribution in [2.75, 3.05) is 106 Å². The molecule has 12 heteroatoms. The van der Waals surface area contributed by atoms with Crippen molar-refractivity contribution in [2.45, 2.75) is 65.9 Å². The highest BCUT2D eigenvalue weighted by atomic mass is 16.6. The van der Waals surface area contributed by atoms with Crippen LogP contribution in [-0.2, 0) is 47.4 Å². The first kappa shape index (κ1) is 39.5. The lowest BCUT2D eigenvalue weighted by Gasteiger charge is -2.19. The molecule has 0 aliphatic rings. The third-order valence-electron chi connectivity index (χ3n) is 5.35. The Morgan fingerprint density at radius 2 is 1.00 bits per heavy atom. The standard InChI is InChI=1S/C29H57NO11/c1-6-8-9-26(7-2)27(31)40-25-24-39-23-22-38-21-20-37-19-18-36-17-16-35-15-14-34-13-12-33-11-10-30-28(32)41-29(3,4)5/h26H,6-25H2,1-5H3,(H,30,32). The fourth-order valence-corrected chi connectivity index (χ4v) is 3.22. The summed E-state index contributed by atoms with van der Waals surface area (Å²) in [5.41, 5.74) is -0.511. The molecule has 1 N–H and O–H groups in total. The van der Waals surface area contributed by atoms with Crippen LogP contribution in [0.25, 0.3) is 0 Å². The lowest BCUT2D eigenvalue weighted by molar-refractivity contribution is -0.150. The zero-order chi connectivity index (χ0) is 30.4. The maximum Gasteiger partial charge on any atom is 0.407 e. The van der Waals surface area contributed by atoms with Gasteiger partial charge in [-0.2, -0.15) is 0 Å². The van der Waals surface area contributed by atoms with E-state index in [-0.39, 0.29) is 18.5 Å². The summed E-state index contributed by atoms with van der Waals surface area (Å²) in [4.78, 5) is 23.5. The largest absolute Gasteiger partial charge is 0.463 e. The summed E-state index contributed by atoms with van der Waals surface area (Å²) in [7, 11) is 0. The van der Waals surface area contributed by atoms with E-state index in [1.165, 1.54) is 0 Å². The number of rotatable bonds is 29. The van der Waals surface area contributed by atoms with Crippen molar-refractivity contribution in [3.8, 4) is 0 Å². The van der Waals surface area contributed by atoms with Gasteiger partial charge in [0, 0.05) is 6.54 Å². The quantitative estimate of drug-likeness (QED) is 0.101.